The van der Waals surface area contributed by atoms with Crippen LogP contribution in [0.4, 0.5) is 0 Å². The van der Waals surface area contributed by atoms with E-state index in [-0.39, 0.29) is 0 Å². The second-order valence-corrected chi connectivity index (χ2v) is 5.18. The fraction of sp³-hybridized carbons (Fsp3) is 0.308. The molecule has 20 heavy (non-hydrogen) atoms. The summed E-state index contributed by atoms with van der Waals surface area (Å²) < 4.78 is 7.02. The molecule has 0 aliphatic carbocycles. The van der Waals surface area contributed by atoms with Crippen molar-refractivity contribution in [3.63, 3.8) is 0 Å². The lowest BCUT2D eigenvalue weighted by Crippen LogP contribution is -2.07. The minimum absolute atomic E-state index is 0.487. The molecule has 0 bridgehead atoms. The fourth-order valence-corrected chi connectivity index (χ4v) is 2.54. The van der Waals surface area contributed by atoms with Gasteiger partial charge in [-0.05, 0) is 12.1 Å². The number of para-hydroxylation sites is 1. The number of alkyl halides is 1. The Labute approximate surface area is 125 Å². The Morgan fingerprint density at radius 3 is 2.85 bits per heavy atom. The fourth-order valence-electron chi connectivity index (χ4n) is 2.16. The highest BCUT2D eigenvalue weighted by molar-refractivity contribution is 6.34. The van der Waals surface area contributed by atoms with E-state index in [1.807, 2.05) is 22.8 Å². The van der Waals surface area contributed by atoms with Gasteiger partial charge in [0, 0.05) is 19.2 Å². The molecule has 3 aromatic rings. The second kappa shape index (κ2) is 5.42. The molecule has 0 aliphatic heterocycles. The maximum atomic E-state index is 6.19. The van der Waals surface area contributed by atoms with Crippen molar-refractivity contribution in [1.82, 2.24) is 19.7 Å². The quantitative estimate of drug-likeness (QED) is 0.694. The molecule has 0 atom stereocenters. The lowest BCUT2D eigenvalue weighted by atomic mass is 10.3. The third-order valence-electron chi connectivity index (χ3n) is 3.00. The molecule has 1 aromatic carbocycles. The number of aryl methyl sites for hydroxylation is 2. The van der Waals surface area contributed by atoms with E-state index in [0.717, 1.165) is 16.9 Å². The zero-order chi connectivity index (χ0) is 14.1. The van der Waals surface area contributed by atoms with Gasteiger partial charge in [-0.1, -0.05) is 22.8 Å². The average molecular weight is 311 g/mol. The molecule has 0 N–H and O–H groups in total. The van der Waals surface area contributed by atoms with Crippen molar-refractivity contribution in [1.29, 1.82) is 0 Å². The summed E-state index contributed by atoms with van der Waals surface area (Å²) in [7, 11) is 0. The van der Waals surface area contributed by atoms with Crippen molar-refractivity contribution in [3.8, 4) is 0 Å². The van der Waals surface area contributed by atoms with Crippen LogP contribution in [-0.4, -0.2) is 25.6 Å². The van der Waals surface area contributed by atoms with Crippen molar-refractivity contribution in [3.05, 3.63) is 40.8 Å². The molecule has 7 heteroatoms. The molecule has 2 aromatic heterocycles. The molecule has 2 heterocycles. The smallest absolute Gasteiger partial charge is 0.223 e. The van der Waals surface area contributed by atoms with E-state index >= 15 is 0 Å². The molecular formula is C13H12Cl2N4O. The topological polar surface area (TPSA) is 56.7 Å². The van der Waals surface area contributed by atoms with Crippen LogP contribution in [0.25, 0.3) is 11.0 Å². The van der Waals surface area contributed by atoms with Gasteiger partial charge >= 0.3 is 0 Å². The summed E-state index contributed by atoms with van der Waals surface area (Å²) in [6.45, 7) is 2.25. The predicted octanol–water partition coefficient (Wildman–Crippen LogP) is 3.21. The van der Waals surface area contributed by atoms with Crippen molar-refractivity contribution in [2.75, 3.05) is 5.88 Å². The monoisotopic (exact) mass is 310 g/mol. The summed E-state index contributed by atoms with van der Waals surface area (Å²) in [6.07, 6.45) is 0.656. The first kappa shape index (κ1) is 13.4. The molecule has 5 nitrogen and oxygen atoms in total. The molecule has 0 saturated carbocycles. The average Bonchev–Trinajstić information content (AvgIpc) is 2.97. The van der Waals surface area contributed by atoms with Gasteiger partial charge in [-0.2, -0.15) is 4.98 Å². The van der Waals surface area contributed by atoms with Gasteiger partial charge < -0.3 is 9.09 Å². The van der Waals surface area contributed by atoms with Crippen molar-refractivity contribution in [2.45, 2.75) is 19.9 Å². The minimum Gasteiger partial charge on any atom is -0.340 e. The number of imidazole rings is 1. The van der Waals surface area contributed by atoms with Crippen LogP contribution in [0.5, 0.6) is 0 Å². The van der Waals surface area contributed by atoms with Crippen LogP contribution in [0, 0.1) is 6.92 Å². The van der Waals surface area contributed by atoms with Crippen LogP contribution in [0.2, 0.25) is 5.02 Å². The normalized spacial score (nSPS) is 11.3. The zero-order valence-corrected chi connectivity index (χ0v) is 12.3. The lowest BCUT2D eigenvalue weighted by molar-refractivity contribution is 0.386. The van der Waals surface area contributed by atoms with E-state index in [2.05, 4.69) is 15.1 Å². The highest BCUT2D eigenvalue weighted by Gasteiger charge is 2.14. The SMILES string of the molecule is Cc1nc(Cn2c(CCCl)nc3c(Cl)cccc32)no1. The number of nitrogens with zero attached hydrogens (tertiary/aromatic N) is 4. The van der Waals surface area contributed by atoms with Gasteiger partial charge in [-0.15, -0.1) is 11.6 Å². The number of fused-ring (bicyclic) bond motifs is 1. The van der Waals surface area contributed by atoms with Crippen molar-refractivity contribution >= 4 is 34.2 Å². The maximum Gasteiger partial charge on any atom is 0.223 e. The maximum absolute atomic E-state index is 6.19. The van der Waals surface area contributed by atoms with Gasteiger partial charge in [0.2, 0.25) is 5.89 Å². The Bertz CT molecular complexity index is 750. The Morgan fingerprint density at radius 2 is 2.15 bits per heavy atom. The van der Waals surface area contributed by atoms with E-state index in [1.165, 1.54) is 0 Å². The largest absolute Gasteiger partial charge is 0.340 e. The summed E-state index contributed by atoms with van der Waals surface area (Å²) in [5.41, 5.74) is 1.72. The van der Waals surface area contributed by atoms with Crippen LogP contribution < -0.4 is 0 Å². The van der Waals surface area contributed by atoms with Gasteiger partial charge in [-0.3, -0.25) is 0 Å². The van der Waals surface area contributed by atoms with Crippen LogP contribution in [0.3, 0.4) is 0 Å². The lowest BCUT2D eigenvalue weighted by Gasteiger charge is -2.05. The second-order valence-electron chi connectivity index (χ2n) is 4.39. The minimum atomic E-state index is 0.487. The standard InChI is InChI=1S/C13H12Cl2N4O/c1-8-16-11(18-20-8)7-19-10-4-2-3-9(15)13(10)17-12(19)5-6-14/h2-4H,5-7H2,1H3. The van der Waals surface area contributed by atoms with Gasteiger partial charge in [0.25, 0.3) is 0 Å². The van der Waals surface area contributed by atoms with E-state index in [4.69, 9.17) is 27.7 Å². The first-order valence-electron chi connectivity index (χ1n) is 6.18. The van der Waals surface area contributed by atoms with Crippen LogP contribution in [0.1, 0.15) is 17.5 Å². The summed E-state index contributed by atoms with van der Waals surface area (Å²) in [4.78, 5) is 8.79. The summed E-state index contributed by atoms with van der Waals surface area (Å²) >= 11 is 12.0. The molecule has 0 amide bonds. The van der Waals surface area contributed by atoms with Gasteiger partial charge in [0.1, 0.15) is 11.3 Å². The van der Waals surface area contributed by atoms with Gasteiger partial charge in [0.05, 0.1) is 17.1 Å². The summed E-state index contributed by atoms with van der Waals surface area (Å²) in [5, 5.41) is 4.55. The number of halogens is 2. The Hall–Kier alpha value is -1.59. The van der Waals surface area contributed by atoms with Crippen LogP contribution in [0.15, 0.2) is 22.7 Å². The Kier molecular flexibility index (Phi) is 3.63. The Morgan fingerprint density at radius 1 is 1.30 bits per heavy atom. The van der Waals surface area contributed by atoms with Crippen molar-refractivity contribution < 1.29 is 4.52 Å². The Balaban J connectivity index is 2.11. The molecule has 0 fully saturated rings. The summed E-state index contributed by atoms with van der Waals surface area (Å²) in [6, 6.07) is 5.69. The van der Waals surface area contributed by atoms with Crippen LogP contribution in [-0.2, 0) is 13.0 Å². The van der Waals surface area contributed by atoms with Crippen molar-refractivity contribution in [2.24, 2.45) is 0 Å². The molecule has 3 rings (SSSR count). The predicted molar refractivity (Wildman–Crippen MR) is 77.3 cm³/mol. The summed E-state index contributed by atoms with van der Waals surface area (Å²) in [5.74, 6) is 2.51. The zero-order valence-electron chi connectivity index (χ0n) is 10.8. The van der Waals surface area contributed by atoms with E-state index < -0.39 is 0 Å². The third kappa shape index (κ3) is 2.39. The van der Waals surface area contributed by atoms with E-state index in [1.54, 1.807) is 6.92 Å². The molecule has 0 saturated heterocycles. The van der Waals surface area contributed by atoms with Crippen LogP contribution >= 0.6 is 23.2 Å². The number of aromatic nitrogens is 4. The highest BCUT2D eigenvalue weighted by atomic mass is 35.5. The first-order chi connectivity index (χ1) is 9.69. The highest BCUT2D eigenvalue weighted by Crippen LogP contribution is 2.24. The van der Waals surface area contributed by atoms with E-state index in [9.17, 15) is 0 Å². The van der Waals surface area contributed by atoms with E-state index in [0.29, 0.717) is 35.6 Å². The molecular weight excluding hydrogens is 299 g/mol. The molecule has 0 radical (unpaired) electrons. The molecule has 0 spiro atoms. The first-order valence-corrected chi connectivity index (χ1v) is 7.09. The molecule has 0 aliphatic rings. The number of rotatable bonds is 4. The number of hydrogen-bond donors (Lipinski definition) is 0. The molecule has 104 valence electrons. The third-order valence-corrected chi connectivity index (χ3v) is 3.49. The van der Waals surface area contributed by atoms with Gasteiger partial charge in [0.15, 0.2) is 5.82 Å². The van der Waals surface area contributed by atoms with Gasteiger partial charge in [-0.25, -0.2) is 4.98 Å². The number of hydrogen-bond acceptors (Lipinski definition) is 4. The molecule has 0 unspecified atom stereocenters. The number of benzene rings is 1.